The predicted molar refractivity (Wildman–Crippen MR) is 210 cm³/mol. The third-order valence-corrected chi connectivity index (χ3v) is 9.10. The molecule has 0 radical (unpaired) electrons. The minimum atomic E-state index is -0.693. The standard InChI is InChI=1S/C43H50N6O5/c1-7-45-43(53)39(27(2)3)49-40(50)29(5)46-26-35(21-30-15-10-8-11-16-30)48-42(52)34-23-32(36-19-14-20-38(54-6)37(36)25-44)22-33(24-34)41(51)47-28(4)31-17-12-9-13-18-31/h8-20,22-24,27-29,35,39,46H,7,21,26H2,1-6H3,(H,45,53)(H,47,51)(H,48,52)(H,49,50)/t28-,29+,35+,39+/m1/s1. The van der Waals surface area contributed by atoms with Crippen LogP contribution in [0.15, 0.2) is 97.1 Å². The number of benzene rings is 4. The number of amides is 4. The van der Waals surface area contributed by atoms with E-state index >= 15 is 0 Å². The Morgan fingerprint density at radius 2 is 1.39 bits per heavy atom. The first kappa shape index (κ1) is 40.8. The van der Waals surface area contributed by atoms with Gasteiger partial charge >= 0.3 is 0 Å². The van der Waals surface area contributed by atoms with Crippen molar-refractivity contribution in [2.24, 2.45) is 5.92 Å². The molecule has 0 bridgehead atoms. The van der Waals surface area contributed by atoms with Crippen LogP contribution in [-0.4, -0.2) is 62.0 Å². The van der Waals surface area contributed by atoms with Crippen molar-refractivity contribution >= 4 is 23.6 Å². The second-order valence-electron chi connectivity index (χ2n) is 13.5. The molecule has 4 amide bonds. The highest BCUT2D eigenvalue weighted by Crippen LogP contribution is 2.32. The number of hydrogen-bond donors (Lipinski definition) is 5. The Labute approximate surface area is 317 Å². The number of rotatable bonds is 17. The van der Waals surface area contributed by atoms with Crippen LogP contribution in [0.1, 0.15) is 78.1 Å². The van der Waals surface area contributed by atoms with E-state index in [4.69, 9.17) is 4.74 Å². The number of nitrogens with one attached hydrogen (secondary N) is 5. The van der Waals surface area contributed by atoms with Gasteiger partial charge in [-0.05, 0) is 74.1 Å². The summed E-state index contributed by atoms with van der Waals surface area (Å²) in [7, 11) is 1.48. The smallest absolute Gasteiger partial charge is 0.251 e. The van der Waals surface area contributed by atoms with E-state index in [1.807, 2.05) is 88.4 Å². The largest absolute Gasteiger partial charge is 0.495 e. The molecule has 0 aromatic heterocycles. The number of hydrogen-bond acceptors (Lipinski definition) is 7. The van der Waals surface area contributed by atoms with Crippen molar-refractivity contribution in [3.63, 3.8) is 0 Å². The summed E-state index contributed by atoms with van der Waals surface area (Å²) >= 11 is 0. The van der Waals surface area contributed by atoms with Crippen LogP contribution in [0, 0.1) is 17.2 Å². The second kappa shape index (κ2) is 19.7. The summed E-state index contributed by atoms with van der Waals surface area (Å²) in [6.45, 7) is 9.82. The van der Waals surface area contributed by atoms with Crippen molar-refractivity contribution in [3.8, 4) is 22.9 Å². The maximum absolute atomic E-state index is 14.2. The zero-order chi connectivity index (χ0) is 39.2. The second-order valence-corrected chi connectivity index (χ2v) is 13.5. The fraction of sp³-hybridized carbons (Fsp3) is 0.326. The van der Waals surface area contributed by atoms with Crippen molar-refractivity contribution in [2.45, 2.75) is 65.2 Å². The highest BCUT2D eigenvalue weighted by atomic mass is 16.5. The summed E-state index contributed by atoms with van der Waals surface area (Å²) in [5.74, 6) is -1.18. The molecule has 0 unspecified atom stereocenters. The van der Waals surface area contributed by atoms with Crippen molar-refractivity contribution in [2.75, 3.05) is 20.2 Å². The molecule has 4 atom stereocenters. The van der Waals surface area contributed by atoms with Crippen molar-refractivity contribution in [1.29, 1.82) is 5.26 Å². The van der Waals surface area contributed by atoms with E-state index in [-0.39, 0.29) is 47.0 Å². The molecule has 11 nitrogen and oxygen atoms in total. The number of nitrogens with zero attached hydrogens (tertiary/aromatic N) is 1. The van der Waals surface area contributed by atoms with E-state index in [1.54, 1.807) is 37.3 Å². The first-order valence-corrected chi connectivity index (χ1v) is 18.2. The van der Waals surface area contributed by atoms with Crippen molar-refractivity contribution < 1.29 is 23.9 Å². The summed E-state index contributed by atoms with van der Waals surface area (Å²) in [5.41, 5.74) is 3.60. The Bertz CT molecular complexity index is 1940. The summed E-state index contributed by atoms with van der Waals surface area (Å²) in [5, 5.41) is 25.1. The third kappa shape index (κ3) is 11.0. The molecule has 11 heteroatoms. The van der Waals surface area contributed by atoms with E-state index < -0.39 is 29.9 Å². The van der Waals surface area contributed by atoms with Crippen LogP contribution in [-0.2, 0) is 16.0 Å². The minimum Gasteiger partial charge on any atom is -0.495 e. The van der Waals surface area contributed by atoms with Gasteiger partial charge in [0.15, 0.2) is 0 Å². The third-order valence-electron chi connectivity index (χ3n) is 9.10. The molecular formula is C43H50N6O5. The molecule has 4 rings (SSSR count). The van der Waals surface area contributed by atoms with Crippen LogP contribution in [0.2, 0.25) is 0 Å². The lowest BCUT2D eigenvalue weighted by atomic mass is 9.95. The molecule has 0 aliphatic heterocycles. The van der Waals surface area contributed by atoms with E-state index in [0.29, 0.717) is 29.8 Å². The number of methoxy groups -OCH3 is 1. The van der Waals surface area contributed by atoms with Crippen LogP contribution < -0.4 is 31.3 Å². The molecule has 282 valence electrons. The van der Waals surface area contributed by atoms with Crippen LogP contribution >= 0.6 is 0 Å². The number of nitriles is 1. The van der Waals surface area contributed by atoms with Crippen molar-refractivity contribution in [3.05, 3.63) is 125 Å². The van der Waals surface area contributed by atoms with Crippen LogP contribution in [0.25, 0.3) is 11.1 Å². The van der Waals surface area contributed by atoms with Gasteiger partial charge in [-0.15, -0.1) is 0 Å². The predicted octanol–water partition coefficient (Wildman–Crippen LogP) is 5.32. The molecule has 0 aliphatic rings. The number of ether oxygens (including phenoxy) is 1. The SMILES string of the molecule is CCNC(=O)[C@@H](NC(=O)[C@H](C)NC[C@H](Cc1ccccc1)NC(=O)c1cc(C(=O)N[C@H](C)c2ccccc2)cc(-c2cccc(OC)c2C#N)c1)C(C)C. The number of carbonyl (C=O) groups is 4. The van der Waals surface area contributed by atoms with Gasteiger partial charge in [0.25, 0.3) is 11.8 Å². The molecule has 0 fully saturated rings. The van der Waals surface area contributed by atoms with Crippen LogP contribution in [0.5, 0.6) is 5.75 Å². The molecular weight excluding hydrogens is 681 g/mol. The molecule has 5 N–H and O–H groups in total. The van der Waals surface area contributed by atoms with E-state index in [9.17, 15) is 24.4 Å². The molecule has 0 spiro atoms. The minimum absolute atomic E-state index is 0.122. The molecule has 0 saturated heterocycles. The van der Waals surface area contributed by atoms with E-state index in [1.165, 1.54) is 13.2 Å². The van der Waals surface area contributed by atoms with Gasteiger partial charge in [-0.25, -0.2) is 0 Å². The summed E-state index contributed by atoms with van der Waals surface area (Å²) < 4.78 is 5.45. The van der Waals surface area contributed by atoms with Gasteiger partial charge < -0.3 is 31.3 Å². The average molecular weight is 731 g/mol. The van der Waals surface area contributed by atoms with Gasteiger partial charge in [-0.3, -0.25) is 19.2 Å². The molecule has 4 aromatic carbocycles. The highest BCUT2D eigenvalue weighted by molar-refractivity contribution is 6.02. The lowest BCUT2D eigenvalue weighted by Crippen LogP contribution is -2.55. The van der Waals surface area contributed by atoms with Crippen LogP contribution in [0.4, 0.5) is 0 Å². The molecule has 0 aliphatic carbocycles. The van der Waals surface area contributed by atoms with Gasteiger partial charge in [0.2, 0.25) is 11.8 Å². The van der Waals surface area contributed by atoms with Gasteiger partial charge in [0, 0.05) is 35.8 Å². The number of likely N-dealkylation sites (N-methyl/N-ethyl adjacent to an activating group) is 1. The first-order valence-electron chi connectivity index (χ1n) is 18.2. The van der Waals surface area contributed by atoms with E-state index in [0.717, 1.165) is 11.1 Å². The molecule has 4 aromatic rings. The topological polar surface area (TPSA) is 161 Å². The fourth-order valence-corrected chi connectivity index (χ4v) is 6.06. The Kier molecular flexibility index (Phi) is 14.9. The maximum Gasteiger partial charge on any atom is 0.251 e. The Morgan fingerprint density at radius 1 is 0.759 bits per heavy atom. The lowest BCUT2D eigenvalue weighted by Gasteiger charge is -2.25. The number of carbonyl (C=O) groups excluding carboxylic acids is 4. The monoisotopic (exact) mass is 730 g/mol. The Balaban J connectivity index is 1.64. The zero-order valence-corrected chi connectivity index (χ0v) is 31.7. The highest BCUT2D eigenvalue weighted by Gasteiger charge is 2.27. The van der Waals surface area contributed by atoms with Gasteiger partial charge in [-0.2, -0.15) is 5.26 Å². The maximum atomic E-state index is 14.2. The Hall–Kier alpha value is -5.99. The summed E-state index contributed by atoms with van der Waals surface area (Å²) in [6, 6.07) is 29.2. The fourth-order valence-electron chi connectivity index (χ4n) is 6.06. The quantitative estimate of drug-likeness (QED) is 0.0983. The molecule has 0 heterocycles. The van der Waals surface area contributed by atoms with Crippen LogP contribution in [0.3, 0.4) is 0 Å². The van der Waals surface area contributed by atoms with E-state index in [2.05, 4.69) is 32.7 Å². The average Bonchev–Trinajstić information content (AvgIpc) is 3.18. The molecule has 54 heavy (non-hydrogen) atoms. The lowest BCUT2D eigenvalue weighted by molar-refractivity contribution is -0.130. The van der Waals surface area contributed by atoms with Crippen molar-refractivity contribution in [1.82, 2.24) is 26.6 Å². The first-order chi connectivity index (χ1) is 25.9. The van der Waals surface area contributed by atoms with Gasteiger partial charge in [-0.1, -0.05) is 86.6 Å². The Morgan fingerprint density at radius 3 is 1.98 bits per heavy atom. The summed E-state index contributed by atoms with van der Waals surface area (Å²) in [4.78, 5) is 53.7. The van der Waals surface area contributed by atoms with Gasteiger partial charge in [0.1, 0.15) is 23.4 Å². The van der Waals surface area contributed by atoms with Gasteiger partial charge in [0.05, 0.1) is 19.2 Å². The zero-order valence-electron chi connectivity index (χ0n) is 31.7. The molecule has 0 saturated carbocycles. The normalized spacial score (nSPS) is 13.1. The summed E-state index contributed by atoms with van der Waals surface area (Å²) in [6.07, 6.45) is 0.442.